The Kier molecular flexibility index (Phi) is 5.97. The predicted octanol–water partition coefficient (Wildman–Crippen LogP) is 2.42. The monoisotopic (exact) mass is 253 g/mol. The molecule has 4 nitrogen and oxygen atoms in total. The molecule has 1 aromatic rings. The van der Waals surface area contributed by atoms with Gasteiger partial charge in [-0.3, -0.25) is 9.78 Å². The summed E-state index contributed by atoms with van der Waals surface area (Å²) in [5.74, 6) is 0.488. The molecule has 1 aromatic heterocycles. The minimum atomic E-state index is -0.516. The number of nitrogens with zero attached hydrogens (tertiary/aromatic N) is 2. The van der Waals surface area contributed by atoms with E-state index < -0.39 is 5.91 Å². The summed E-state index contributed by atoms with van der Waals surface area (Å²) in [6.07, 6.45) is 5.67. The third-order valence-corrected chi connectivity index (χ3v) is 3.38. The second kappa shape index (κ2) is 7.27. The summed E-state index contributed by atoms with van der Waals surface area (Å²) in [4.78, 5) is 19.6. The van der Waals surface area contributed by atoms with Gasteiger partial charge < -0.3 is 5.73 Å². The zero-order valence-corrected chi connectivity index (χ0v) is 11.2. The molecule has 1 heterocycles. The molecular weight excluding hydrogens is 234 g/mol. The van der Waals surface area contributed by atoms with Gasteiger partial charge in [0.15, 0.2) is 0 Å². The van der Waals surface area contributed by atoms with Crippen molar-refractivity contribution < 1.29 is 4.79 Å². The van der Waals surface area contributed by atoms with Crippen LogP contribution in [0.5, 0.6) is 0 Å². The summed E-state index contributed by atoms with van der Waals surface area (Å²) >= 11 is 1.66. The summed E-state index contributed by atoms with van der Waals surface area (Å²) in [7, 11) is 0. The van der Waals surface area contributed by atoms with Crippen molar-refractivity contribution in [2.75, 3.05) is 5.75 Å². The summed E-state index contributed by atoms with van der Waals surface area (Å²) in [5, 5.41) is 0.858. The van der Waals surface area contributed by atoms with Crippen LogP contribution in [-0.4, -0.2) is 21.6 Å². The second-order valence-corrected chi connectivity index (χ2v) is 4.91. The van der Waals surface area contributed by atoms with E-state index in [-0.39, 0.29) is 5.69 Å². The van der Waals surface area contributed by atoms with Crippen LogP contribution >= 0.6 is 11.8 Å². The third-order valence-electron chi connectivity index (χ3n) is 2.29. The van der Waals surface area contributed by atoms with Crippen molar-refractivity contribution in [3.05, 3.63) is 17.6 Å². The zero-order valence-electron chi connectivity index (χ0n) is 10.4. The Labute approximate surface area is 106 Å². The second-order valence-electron chi connectivity index (χ2n) is 3.82. The first-order valence-electron chi connectivity index (χ1n) is 5.97. The van der Waals surface area contributed by atoms with Crippen LogP contribution in [0.25, 0.3) is 0 Å². The van der Waals surface area contributed by atoms with Gasteiger partial charge in [-0.25, -0.2) is 4.98 Å². The molecule has 0 saturated heterocycles. The number of aryl methyl sites for hydroxylation is 1. The van der Waals surface area contributed by atoms with E-state index in [4.69, 9.17) is 5.73 Å². The average Bonchev–Trinajstić information content (AvgIpc) is 2.31. The molecule has 2 N–H and O–H groups in total. The van der Waals surface area contributed by atoms with Crippen molar-refractivity contribution in [3.8, 4) is 0 Å². The number of hydrogen-bond acceptors (Lipinski definition) is 4. The predicted molar refractivity (Wildman–Crippen MR) is 70.2 cm³/mol. The Morgan fingerprint density at radius 1 is 1.41 bits per heavy atom. The number of amides is 1. The standard InChI is InChI=1S/C12H19N3OS/c1-3-5-7-17-12-9(6-4-2)14-8-10(15-12)11(13)16/h8H,3-7H2,1-2H3,(H2,13,16). The molecule has 0 bridgehead atoms. The maximum absolute atomic E-state index is 11.1. The van der Waals surface area contributed by atoms with E-state index in [0.717, 1.165) is 42.2 Å². The minimum absolute atomic E-state index is 0.254. The van der Waals surface area contributed by atoms with Crippen molar-refractivity contribution in [3.63, 3.8) is 0 Å². The average molecular weight is 253 g/mol. The normalized spacial score (nSPS) is 10.5. The number of rotatable bonds is 7. The van der Waals surface area contributed by atoms with Crippen LogP contribution in [0, 0.1) is 0 Å². The highest BCUT2D eigenvalue weighted by atomic mass is 32.2. The first-order chi connectivity index (χ1) is 8.19. The molecule has 17 heavy (non-hydrogen) atoms. The van der Waals surface area contributed by atoms with Crippen molar-refractivity contribution >= 4 is 17.7 Å². The van der Waals surface area contributed by atoms with Gasteiger partial charge in [0, 0.05) is 0 Å². The lowest BCUT2D eigenvalue weighted by molar-refractivity contribution is 0.0994. The molecule has 1 rings (SSSR count). The molecule has 0 saturated carbocycles. The first kappa shape index (κ1) is 14.0. The number of nitrogens with two attached hydrogens (primary N) is 1. The number of thioether (sulfide) groups is 1. The highest BCUT2D eigenvalue weighted by Gasteiger charge is 2.10. The van der Waals surface area contributed by atoms with Gasteiger partial charge in [0.2, 0.25) is 0 Å². The Hall–Kier alpha value is -1.10. The molecule has 0 unspecified atom stereocenters. The molecule has 1 amide bonds. The molecule has 0 aliphatic rings. The Balaban J connectivity index is 2.86. The smallest absolute Gasteiger partial charge is 0.268 e. The number of carbonyl (C=O) groups is 1. The van der Waals surface area contributed by atoms with Gasteiger partial charge >= 0.3 is 0 Å². The number of primary amides is 1. The summed E-state index contributed by atoms with van der Waals surface area (Å²) in [6, 6.07) is 0. The molecular formula is C12H19N3OS. The van der Waals surface area contributed by atoms with Crippen molar-refractivity contribution in [2.24, 2.45) is 5.73 Å². The Morgan fingerprint density at radius 2 is 2.18 bits per heavy atom. The topological polar surface area (TPSA) is 68.9 Å². The van der Waals surface area contributed by atoms with E-state index in [2.05, 4.69) is 23.8 Å². The first-order valence-corrected chi connectivity index (χ1v) is 6.96. The zero-order chi connectivity index (χ0) is 12.7. The highest BCUT2D eigenvalue weighted by molar-refractivity contribution is 7.99. The lowest BCUT2D eigenvalue weighted by Crippen LogP contribution is -2.15. The van der Waals surface area contributed by atoms with Crippen molar-refractivity contribution in [1.82, 2.24) is 9.97 Å². The van der Waals surface area contributed by atoms with Gasteiger partial charge in [0.1, 0.15) is 10.7 Å². The van der Waals surface area contributed by atoms with E-state index >= 15 is 0 Å². The summed E-state index contributed by atoms with van der Waals surface area (Å²) in [5.41, 5.74) is 6.44. The van der Waals surface area contributed by atoms with Crippen LogP contribution in [0.15, 0.2) is 11.2 Å². The molecule has 0 radical (unpaired) electrons. The maximum Gasteiger partial charge on any atom is 0.268 e. The SMILES string of the molecule is CCCCSc1nc(C(N)=O)cnc1CCC. The van der Waals surface area contributed by atoms with E-state index in [1.165, 1.54) is 6.20 Å². The van der Waals surface area contributed by atoms with Gasteiger partial charge in [-0.1, -0.05) is 26.7 Å². The van der Waals surface area contributed by atoms with Gasteiger partial charge in [-0.2, -0.15) is 0 Å². The Bertz CT molecular complexity index is 382. The van der Waals surface area contributed by atoms with E-state index in [1.54, 1.807) is 11.8 Å². The molecule has 0 aliphatic carbocycles. The van der Waals surface area contributed by atoms with Crippen LogP contribution < -0.4 is 5.73 Å². The number of aromatic nitrogens is 2. The van der Waals surface area contributed by atoms with Crippen LogP contribution in [0.4, 0.5) is 0 Å². The number of hydrogen-bond donors (Lipinski definition) is 1. The molecule has 0 fully saturated rings. The fourth-order valence-corrected chi connectivity index (χ4v) is 2.46. The fourth-order valence-electron chi connectivity index (χ4n) is 1.35. The largest absolute Gasteiger partial charge is 0.364 e. The highest BCUT2D eigenvalue weighted by Crippen LogP contribution is 2.21. The van der Waals surface area contributed by atoms with E-state index in [9.17, 15) is 4.79 Å². The van der Waals surface area contributed by atoms with Gasteiger partial charge in [0.05, 0.1) is 11.9 Å². The lowest BCUT2D eigenvalue weighted by Gasteiger charge is -2.07. The molecule has 94 valence electrons. The molecule has 0 spiro atoms. The van der Waals surface area contributed by atoms with Crippen LogP contribution in [0.1, 0.15) is 49.3 Å². The molecule has 0 aromatic carbocycles. The van der Waals surface area contributed by atoms with Crippen molar-refractivity contribution in [1.29, 1.82) is 0 Å². The van der Waals surface area contributed by atoms with Gasteiger partial charge in [-0.15, -0.1) is 11.8 Å². The Morgan fingerprint density at radius 3 is 2.76 bits per heavy atom. The molecule has 0 atom stereocenters. The maximum atomic E-state index is 11.1. The molecule has 5 heteroatoms. The minimum Gasteiger partial charge on any atom is -0.364 e. The fraction of sp³-hybridized carbons (Fsp3) is 0.583. The summed E-state index contributed by atoms with van der Waals surface area (Å²) in [6.45, 7) is 4.25. The van der Waals surface area contributed by atoms with Crippen molar-refractivity contribution in [2.45, 2.75) is 44.6 Å². The van der Waals surface area contributed by atoms with Gasteiger partial charge in [-0.05, 0) is 18.6 Å². The van der Waals surface area contributed by atoms with E-state index in [1.807, 2.05) is 0 Å². The van der Waals surface area contributed by atoms with Gasteiger partial charge in [0.25, 0.3) is 5.91 Å². The van der Waals surface area contributed by atoms with Crippen LogP contribution in [0.2, 0.25) is 0 Å². The van der Waals surface area contributed by atoms with E-state index in [0.29, 0.717) is 0 Å². The lowest BCUT2D eigenvalue weighted by atomic mass is 10.2. The summed E-state index contributed by atoms with van der Waals surface area (Å²) < 4.78 is 0. The quantitative estimate of drug-likeness (QED) is 0.598. The third kappa shape index (κ3) is 4.34. The van der Waals surface area contributed by atoms with Crippen LogP contribution in [-0.2, 0) is 6.42 Å². The van der Waals surface area contributed by atoms with Crippen LogP contribution in [0.3, 0.4) is 0 Å². The number of carbonyl (C=O) groups excluding carboxylic acids is 1. The molecule has 0 aliphatic heterocycles. The number of unbranched alkanes of at least 4 members (excludes halogenated alkanes) is 1.